The van der Waals surface area contributed by atoms with Crippen LogP contribution in [-0.4, -0.2) is 33.8 Å². The minimum atomic E-state index is 0.325. The number of aromatic nitrogens is 2. The maximum atomic E-state index is 6.10. The number of aryl methyl sites for hydroxylation is 2. The molecule has 1 fully saturated rings. The first kappa shape index (κ1) is 11.6. The molecule has 0 aromatic carbocycles. The van der Waals surface area contributed by atoms with E-state index in [-0.39, 0.29) is 0 Å². The second kappa shape index (κ2) is 4.55. The Labute approximate surface area is 97.4 Å². The molecule has 1 aromatic rings. The van der Waals surface area contributed by atoms with Crippen molar-refractivity contribution in [3.8, 4) is 0 Å². The van der Waals surface area contributed by atoms with Crippen LogP contribution in [0.15, 0.2) is 6.20 Å². The lowest BCUT2D eigenvalue weighted by molar-refractivity contribution is 0.162. The molecule has 1 aliphatic rings. The molecule has 4 heteroatoms. The Kier molecular flexibility index (Phi) is 3.30. The fraction of sp³-hybridized carbons (Fsp3) is 0.750. The predicted molar refractivity (Wildman–Crippen MR) is 65.0 cm³/mol. The maximum absolute atomic E-state index is 6.10. The Morgan fingerprint density at radius 3 is 2.88 bits per heavy atom. The average molecular weight is 222 g/mol. The van der Waals surface area contributed by atoms with Gasteiger partial charge in [-0.1, -0.05) is 6.92 Å². The van der Waals surface area contributed by atoms with Crippen molar-refractivity contribution in [2.24, 2.45) is 18.7 Å². The van der Waals surface area contributed by atoms with E-state index < -0.39 is 0 Å². The molecule has 0 saturated carbocycles. The average Bonchev–Trinajstić information content (AvgIpc) is 2.51. The number of piperidine rings is 1. The largest absolute Gasteiger partial charge is 0.326 e. The molecule has 0 radical (unpaired) electrons. The number of nitrogens with zero attached hydrogens (tertiary/aromatic N) is 3. The van der Waals surface area contributed by atoms with E-state index in [9.17, 15) is 0 Å². The summed E-state index contributed by atoms with van der Waals surface area (Å²) in [4.78, 5) is 2.44. The highest BCUT2D eigenvalue weighted by Gasteiger charge is 2.23. The lowest BCUT2D eigenvalue weighted by Crippen LogP contribution is -2.47. The summed E-state index contributed by atoms with van der Waals surface area (Å²) < 4.78 is 1.89. The van der Waals surface area contributed by atoms with Crippen LogP contribution in [0.5, 0.6) is 0 Å². The Morgan fingerprint density at radius 1 is 1.56 bits per heavy atom. The molecule has 0 amide bonds. The lowest BCUT2D eigenvalue weighted by atomic mass is 9.94. The van der Waals surface area contributed by atoms with Crippen molar-refractivity contribution in [2.75, 3.05) is 13.1 Å². The SMILES string of the molecule is Cc1nn(C)cc1CN1CCC(C)C(N)C1. The molecular formula is C12H22N4. The molecule has 2 heterocycles. The molecule has 1 saturated heterocycles. The summed E-state index contributed by atoms with van der Waals surface area (Å²) in [5.41, 5.74) is 8.56. The Morgan fingerprint density at radius 2 is 2.31 bits per heavy atom. The van der Waals surface area contributed by atoms with Crippen LogP contribution in [0, 0.1) is 12.8 Å². The fourth-order valence-corrected chi connectivity index (χ4v) is 2.36. The van der Waals surface area contributed by atoms with E-state index in [0.717, 1.165) is 25.3 Å². The molecule has 90 valence electrons. The quantitative estimate of drug-likeness (QED) is 0.808. The number of rotatable bonds is 2. The molecule has 2 rings (SSSR count). The maximum Gasteiger partial charge on any atom is 0.0638 e. The zero-order valence-electron chi connectivity index (χ0n) is 10.5. The van der Waals surface area contributed by atoms with Gasteiger partial charge in [0.25, 0.3) is 0 Å². The van der Waals surface area contributed by atoms with E-state index >= 15 is 0 Å². The van der Waals surface area contributed by atoms with Crippen LogP contribution >= 0.6 is 0 Å². The minimum Gasteiger partial charge on any atom is -0.326 e. The molecule has 1 aromatic heterocycles. The van der Waals surface area contributed by atoms with Gasteiger partial charge in [0.2, 0.25) is 0 Å². The third-order valence-corrected chi connectivity index (χ3v) is 3.61. The summed E-state index contributed by atoms with van der Waals surface area (Å²) in [5.74, 6) is 0.659. The van der Waals surface area contributed by atoms with Gasteiger partial charge in [0.1, 0.15) is 0 Å². The zero-order valence-corrected chi connectivity index (χ0v) is 10.5. The minimum absolute atomic E-state index is 0.325. The van der Waals surface area contributed by atoms with E-state index in [1.165, 1.54) is 12.0 Å². The van der Waals surface area contributed by atoms with Crippen molar-refractivity contribution in [1.29, 1.82) is 0 Å². The zero-order chi connectivity index (χ0) is 11.7. The third kappa shape index (κ3) is 2.44. The highest BCUT2D eigenvalue weighted by atomic mass is 15.3. The number of hydrogen-bond donors (Lipinski definition) is 1. The first-order valence-electron chi connectivity index (χ1n) is 6.03. The molecule has 0 spiro atoms. The van der Waals surface area contributed by atoms with Crippen molar-refractivity contribution in [3.63, 3.8) is 0 Å². The van der Waals surface area contributed by atoms with Crippen molar-refractivity contribution >= 4 is 0 Å². The van der Waals surface area contributed by atoms with E-state index in [4.69, 9.17) is 5.73 Å². The molecule has 2 unspecified atom stereocenters. The van der Waals surface area contributed by atoms with Gasteiger partial charge in [-0.15, -0.1) is 0 Å². The topological polar surface area (TPSA) is 47.1 Å². The second-order valence-corrected chi connectivity index (χ2v) is 5.08. The van der Waals surface area contributed by atoms with Gasteiger partial charge in [0.15, 0.2) is 0 Å². The van der Waals surface area contributed by atoms with Crippen molar-refractivity contribution in [3.05, 3.63) is 17.5 Å². The van der Waals surface area contributed by atoms with Crippen LogP contribution in [-0.2, 0) is 13.6 Å². The first-order valence-corrected chi connectivity index (χ1v) is 6.03. The monoisotopic (exact) mass is 222 g/mol. The molecule has 2 atom stereocenters. The molecule has 1 aliphatic heterocycles. The van der Waals surface area contributed by atoms with Gasteiger partial charge >= 0.3 is 0 Å². The van der Waals surface area contributed by atoms with Crippen molar-refractivity contribution < 1.29 is 0 Å². The normalized spacial score (nSPS) is 27.2. The predicted octanol–water partition coefficient (Wildman–Crippen LogP) is 0.898. The van der Waals surface area contributed by atoms with Crippen LogP contribution in [0.2, 0.25) is 0 Å². The van der Waals surface area contributed by atoms with Gasteiger partial charge in [0, 0.05) is 37.9 Å². The molecule has 0 bridgehead atoms. The first-order chi connectivity index (χ1) is 7.56. The second-order valence-electron chi connectivity index (χ2n) is 5.08. The van der Waals surface area contributed by atoms with E-state index in [1.807, 2.05) is 11.7 Å². The van der Waals surface area contributed by atoms with Gasteiger partial charge in [-0.3, -0.25) is 9.58 Å². The molecule has 4 nitrogen and oxygen atoms in total. The van der Waals surface area contributed by atoms with E-state index in [0.29, 0.717) is 12.0 Å². The highest BCUT2D eigenvalue weighted by Crippen LogP contribution is 2.18. The summed E-state index contributed by atoms with van der Waals surface area (Å²) in [5, 5.41) is 4.37. The Bertz CT molecular complexity index is 358. The summed E-state index contributed by atoms with van der Waals surface area (Å²) in [6.45, 7) is 7.47. The molecule has 16 heavy (non-hydrogen) atoms. The van der Waals surface area contributed by atoms with Crippen LogP contribution in [0.3, 0.4) is 0 Å². The summed E-state index contributed by atoms with van der Waals surface area (Å²) in [7, 11) is 1.97. The van der Waals surface area contributed by atoms with Crippen LogP contribution in [0.25, 0.3) is 0 Å². The van der Waals surface area contributed by atoms with Gasteiger partial charge in [0.05, 0.1) is 5.69 Å². The molecular weight excluding hydrogens is 200 g/mol. The summed E-state index contributed by atoms with van der Waals surface area (Å²) >= 11 is 0. The smallest absolute Gasteiger partial charge is 0.0638 e. The third-order valence-electron chi connectivity index (χ3n) is 3.61. The van der Waals surface area contributed by atoms with Crippen molar-refractivity contribution in [1.82, 2.24) is 14.7 Å². The molecule has 2 N–H and O–H groups in total. The Balaban J connectivity index is 1.98. The van der Waals surface area contributed by atoms with Crippen LogP contribution < -0.4 is 5.73 Å². The lowest BCUT2D eigenvalue weighted by Gasteiger charge is -2.34. The van der Waals surface area contributed by atoms with Gasteiger partial charge in [-0.2, -0.15) is 5.10 Å². The van der Waals surface area contributed by atoms with E-state index in [2.05, 4.69) is 30.0 Å². The van der Waals surface area contributed by atoms with Crippen molar-refractivity contribution in [2.45, 2.75) is 32.9 Å². The standard InChI is InChI=1S/C12H22N4/c1-9-4-5-16(8-12(9)13)7-11-6-15(3)14-10(11)2/h6,9,12H,4-5,7-8,13H2,1-3H3. The molecule has 0 aliphatic carbocycles. The van der Waals surface area contributed by atoms with Gasteiger partial charge in [-0.05, 0) is 25.8 Å². The summed E-state index contributed by atoms with van der Waals surface area (Å²) in [6.07, 6.45) is 3.32. The van der Waals surface area contributed by atoms with E-state index in [1.54, 1.807) is 0 Å². The summed E-state index contributed by atoms with van der Waals surface area (Å²) in [6, 6.07) is 0.325. The van der Waals surface area contributed by atoms with Crippen LogP contribution in [0.4, 0.5) is 0 Å². The Hall–Kier alpha value is -0.870. The van der Waals surface area contributed by atoms with Gasteiger partial charge < -0.3 is 5.73 Å². The fourth-order valence-electron chi connectivity index (χ4n) is 2.36. The number of nitrogens with two attached hydrogens (primary N) is 1. The van der Waals surface area contributed by atoms with Gasteiger partial charge in [-0.25, -0.2) is 0 Å². The highest BCUT2D eigenvalue weighted by molar-refractivity contribution is 5.15. The number of likely N-dealkylation sites (tertiary alicyclic amines) is 1. The van der Waals surface area contributed by atoms with Crippen LogP contribution in [0.1, 0.15) is 24.6 Å². The number of hydrogen-bond acceptors (Lipinski definition) is 3.